The van der Waals surface area contributed by atoms with Crippen molar-refractivity contribution in [3.8, 4) is 0 Å². The SMILES string of the molecule is ONc1c(Cl)nc(Cl)nc1Cl. The Labute approximate surface area is 77.1 Å². The lowest BCUT2D eigenvalue weighted by molar-refractivity contribution is 0.388. The molecule has 60 valence electrons. The summed E-state index contributed by atoms with van der Waals surface area (Å²) in [5.41, 5.74) is 1.78. The van der Waals surface area contributed by atoms with Crippen LogP contribution in [0.4, 0.5) is 5.69 Å². The number of nitrogens with one attached hydrogen (secondary N) is 1. The number of aromatic nitrogens is 2. The van der Waals surface area contributed by atoms with E-state index in [4.69, 9.17) is 40.0 Å². The van der Waals surface area contributed by atoms with E-state index in [1.54, 1.807) is 5.48 Å². The molecule has 11 heavy (non-hydrogen) atoms. The molecule has 0 aliphatic heterocycles. The Morgan fingerprint density at radius 1 is 1.09 bits per heavy atom. The highest BCUT2D eigenvalue weighted by atomic mass is 35.5. The van der Waals surface area contributed by atoms with Gasteiger partial charge >= 0.3 is 0 Å². The van der Waals surface area contributed by atoms with Crippen LogP contribution in [-0.2, 0) is 0 Å². The van der Waals surface area contributed by atoms with E-state index in [2.05, 4.69) is 9.97 Å². The first kappa shape index (κ1) is 8.80. The molecule has 0 saturated heterocycles. The average molecular weight is 214 g/mol. The van der Waals surface area contributed by atoms with Crippen LogP contribution in [0.5, 0.6) is 0 Å². The van der Waals surface area contributed by atoms with Gasteiger partial charge in [0, 0.05) is 0 Å². The Bertz CT molecular complexity index is 256. The first-order valence-electron chi connectivity index (χ1n) is 2.43. The fourth-order valence-electron chi connectivity index (χ4n) is 0.476. The molecule has 0 aliphatic rings. The molecule has 7 heteroatoms. The summed E-state index contributed by atoms with van der Waals surface area (Å²) < 4.78 is 0. The molecule has 0 radical (unpaired) electrons. The zero-order valence-corrected chi connectivity index (χ0v) is 7.24. The van der Waals surface area contributed by atoms with Gasteiger partial charge in [-0.3, -0.25) is 10.7 Å². The Balaban J connectivity index is 3.25. The van der Waals surface area contributed by atoms with E-state index in [0.717, 1.165) is 0 Å². The molecule has 0 amide bonds. The second-order valence-corrected chi connectivity index (χ2v) is 2.62. The Morgan fingerprint density at radius 3 is 1.91 bits per heavy atom. The van der Waals surface area contributed by atoms with Gasteiger partial charge in [-0.2, -0.15) is 0 Å². The van der Waals surface area contributed by atoms with Gasteiger partial charge < -0.3 is 0 Å². The monoisotopic (exact) mass is 213 g/mol. The summed E-state index contributed by atoms with van der Waals surface area (Å²) in [6.07, 6.45) is 0. The van der Waals surface area contributed by atoms with Crippen LogP contribution >= 0.6 is 34.8 Å². The van der Waals surface area contributed by atoms with Crippen LogP contribution in [0, 0.1) is 0 Å². The van der Waals surface area contributed by atoms with Gasteiger partial charge in [0.25, 0.3) is 0 Å². The maximum atomic E-state index is 8.45. The summed E-state index contributed by atoms with van der Waals surface area (Å²) >= 11 is 16.4. The molecule has 0 atom stereocenters. The Kier molecular flexibility index (Phi) is 2.72. The first-order chi connectivity index (χ1) is 5.15. The normalized spacial score (nSPS) is 9.82. The van der Waals surface area contributed by atoms with Gasteiger partial charge in [0.1, 0.15) is 5.69 Å². The van der Waals surface area contributed by atoms with Crippen molar-refractivity contribution in [1.29, 1.82) is 0 Å². The molecule has 2 N–H and O–H groups in total. The van der Waals surface area contributed by atoms with Crippen molar-refractivity contribution in [2.75, 3.05) is 5.48 Å². The number of anilines is 1. The van der Waals surface area contributed by atoms with Gasteiger partial charge in [-0.15, -0.1) is 0 Å². The first-order valence-corrected chi connectivity index (χ1v) is 3.57. The van der Waals surface area contributed by atoms with Gasteiger partial charge in [0.15, 0.2) is 10.3 Å². The summed E-state index contributed by atoms with van der Waals surface area (Å²) in [6, 6.07) is 0. The average Bonchev–Trinajstić information content (AvgIpc) is 1.85. The molecule has 4 nitrogen and oxygen atoms in total. The van der Waals surface area contributed by atoms with Crippen LogP contribution in [0.1, 0.15) is 0 Å². The number of halogens is 3. The molecule has 1 rings (SSSR count). The standard InChI is InChI=1S/C4H2Cl3N3O/c5-2-1(10-11)3(6)9-4(7)8-2/h10-11H. The van der Waals surface area contributed by atoms with E-state index in [1.165, 1.54) is 0 Å². The highest BCUT2D eigenvalue weighted by Crippen LogP contribution is 2.27. The zero-order valence-electron chi connectivity index (χ0n) is 4.98. The molecule has 1 aromatic rings. The summed E-state index contributed by atoms with van der Waals surface area (Å²) in [5, 5.41) is 8.32. The highest BCUT2D eigenvalue weighted by Gasteiger charge is 2.08. The number of rotatable bonds is 1. The third-order valence-electron chi connectivity index (χ3n) is 0.905. The molecule has 0 bridgehead atoms. The van der Waals surface area contributed by atoms with Crippen molar-refractivity contribution in [2.24, 2.45) is 0 Å². The predicted octanol–water partition coefficient (Wildman–Crippen LogP) is 2.24. The number of hydrogen-bond acceptors (Lipinski definition) is 4. The fraction of sp³-hybridized carbons (Fsp3) is 0. The van der Waals surface area contributed by atoms with Gasteiger partial charge in [-0.05, 0) is 11.6 Å². The Hall–Kier alpha value is -0.290. The quantitative estimate of drug-likeness (QED) is 0.428. The smallest absolute Gasteiger partial charge is 0.225 e. The topological polar surface area (TPSA) is 58.0 Å². The van der Waals surface area contributed by atoms with Gasteiger partial charge in [-0.1, -0.05) is 23.2 Å². The maximum Gasteiger partial charge on any atom is 0.225 e. The van der Waals surface area contributed by atoms with Crippen molar-refractivity contribution >= 4 is 40.5 Å². The molecule has 0 aliphatic carbocycles. The van der Waals surface area contributed by atoms with E-state index in [1.807, 2.05) is 0 Å². The molecule has 0 saturated carbocycles. The summed E-state index contributed by atoms with van der Waals surface area (Å²) in [7, 11) is 0. The van der Waals surface area contributed by atoms with E-state index < -0.39 is 0 Å². The second kappa shape index (κ2) is 3.40. The molecular weight excluding hydrogens is 212 g/mol. The lowest BCUT2D eigenvalue weighted by Crippen LogP contribution is -1.96. The van der Waals surface area contributed by atoms with Crippen LogP contribution < -0.4 is 5.48 Å². The van der Waals surface area contributed by atoms with E-state index >= 15 is 0 Å². The van der Waals surface area contributed by atoms with Crippen molar-refractivity contribution in [3.05, 3.63) is 15.6 Å². The molecule has 1 heterocycles. The minimum atomic E-state index is -0.0704. The van der Waals surface area contributed by atoms with Gasteiger partial charge in [-0.25, -0.2) is 9.97 Å². The molecular formula is C4H2Cl3N3O. The lowest BCUT2D eigenvalue weighted by atomic mass is 10.6. The minimum Gasteiger partial charge on any atom is -0.291 e. The summed E-state index contributed by atoms with van der Waals surface area (Å²) in [5.74, 6) is 0. The lowest BCUT2D eigenvalue weighted by Gasteiger charge is -2.01. The van der Waals surface area contributed by atoms with Crippen molar-refractivity contribution < 1.29 is 5.21 Å². The number of nitrogens with zero attached hydrogens (tertiary/aromatic N) is 2. The molecule has 0 aromatic carbocycles. The van der Waals surface area contributed by atoms with E-state index in [9.17, 15) is 0 Å². The Morgan fingerprint density at radius 2 is 1.55 bits per heavy atom. The molecule has 0 fully saturated rings. The van der Waals surface area contributed by atoms with Crippen LogP contribution in [0.3, 0.4) is 0 Å². The van der Waals surface area contributed by atoms with Crippen LogP contribution in [-0.4, -0.2) is 15.2 Å². The van der Waals surface area contributed by atoms with Gasteiger partial charge in [0.05, 0.1) is 0 Å². The van der Waals surface area contributed by atoms with Crippen LogP contribution in [0.15, 0.2) is 0 Å². The fourth-order valence-corrected chi connectivity index (χ4v) is 1.20. The molecule has 0 spiro atoms. The molecule has 0 unspecified atom stereocenters. The highest BCUT2D eigenvalue weighted by molar-refractivity contribution is 6.38. The molecule has 1 aromatic heterocycles. The third-order valence-corrected chi connectivity index (χ3v) is 1.62. The third kappa shape index (κ3) is 1.84. The van der Waals surface area contributed by atoms with E-state index in [-0.39, 0.29) is 21.3 Å². The van der Waals surface area contributed by atoms with Crippen molar-refractivity contribution in [3.63, 3.8) is 0 Å². The van der Waals surface area contributed by atoms with Gasteiger partial charge in [0.2, 0.25) is 5.28 Å². The maximum absolute atomic E-state index is 8.45. The summed E-state index contributed by atoms with van der Waals surface area (Å²) in [4.78, 5) is 7.04. The van der Waals surface area contributed by atoms with Crippen molar-refractivity contribution in [2.45, 2.75) is 0 Å². The summed E-state index contributed by atoms with van der Waals surface area (Å²) in [6.45, 7) is 0. The minimum absolute atomic E-state index is 0.0301. The van der Waals surface area contributed by atoms with Crippen LogP contribution in [0.2, 0.25) is 15.6 Å². The largest absolute Gasteiger partial charge is 0.291 e. The van der Waals surface area contributed by atoms with E-state index in [0.29, 0.717) is 0 Å². The van der Waals surface area contributed by atoms with Crippen LogP contribution in [0.25, 0.3) is 0 Å². The van der Waals surface area contributed by atoms with Crippen molar-refractivity contribution in [1.82, 2.24) is 9.97 Å². The predicted molar refractivity (Wildman–Crippen MR) is 42.5 cm³/mol. The number of hydrogen-bond donors (Lipinski definition) is 2. The zero-order chi connectivity index (χ0) is 8.43. The second-order valence-electron chi connectivity index (χ2n) is 1.56.